The molecule has 0 saturated heterocycles. The quantitative estimate of drug-likeness (QED) is 0.899. The van der Waals surface area contributed by atoms with Gasteiger partial charge in [0.05, 0.1) is 6.42 Å². The van der Waals surface area contributed by atoms with Crippen LogP contribution in [0.5, 0.6) is 0 Å². The predicted molar refractivity (Wildman–Crippen MR) is 86.5 cm³/mol. The molecule has 0 spiro atoms. The molecule has 3 heteroatoms. The predicted octanol–water partition coefficient (Wildman–Crippen LogP) is 3.44. The number of nitrogens with zero attached hydrogens (tertiary/aromatic N) is 1. The number of likely N-dealkylation sites (N-methyl/N-ethyl adjacent to an activating group) is 1. The van der Waals surface area contributed by atoms with Crippen LogP contribution in [0.4, 0.5) is 5.69 Å². The van der Waals surface area contributed by atoms with Crippen molar-refractivity contribution >= 4 is 11.6 Å². The molecule has 2 aliphatic rings. The number of rotatable bonds is 5. The van der Waals surface area contributed by atoms with Crippen LogP contribution in [-0.4, -0.2) is 20.0 Å². The van der Waals surface area contributed by atoms with Gasteiger partial charge in [-0.2, -0.15) is 0 Å². The molecule has 0 aromatic heterocycles. The molecular weight excluding hydrogens is 260 g/mol. The van der Waals surface area contributed by atoms with E-state index >= 15 is 0 Å². The summed E-state index contributed by atoms with van der Waals surface area (Å²) in [5, 5.41) is 3.46. The molecule has 1 atom stereocenters. The second kappa shape index (κ2) is 6.18. The van der Waals surface area contributed by atoms with Gasteiger partial charge in [0.15, 0.2) is 0 Å². The van der Waals surface area contributed by atoms with Gasteiger partial charge in [-0.15, -0.1) is 0 Å². The van der Waals surface area contributed by atoms with E-state index in [2.05, 4.69) is 23.5 Å². The maximum absolute atomic E-state index is 11.8. The van der Waals surface area contributed by atoms with Gasteiger partial charge in [0.25, 0.3) is 0 Å². The Morgan fingerprint density at radius 2 is 2.10 bits per heavy atom. The molecule has 1 N–H and O–H groups in total. The summed E-state index contributed by atoms with van der Waals surface area (Å²) >= 11 is 0. The van der Waals surface area contributed by atoms with E-state index in [-0.39, 0.29) is 5.91 Å². The Hall–Kier alpha value is -1.35. The Bertz CT molecular complexity index is 520. The highest BCUT2D eigenvalue weighted by Crippen LogP contribution is 2.34. The summed E-state index contributed by atoms with van der Waals surface area (Å²) in [4.78, 5) is 13.6. The molecule has 1 aliphatic heterocycles. The van der Waals surface area contributed by atoms with Gasteiger partial charge in [0.2, 0.25) is 5.91 Å². The zero-order valence-electron chi connectivity index (χ0n) is 13.2. The van der Waals surface area contributed by atoms with Crippen LogP contribution >= 0.6 is 0 Å². The lowest BCUT2D eigenvalue weighted by atomic mass is 9.93. The van der Waals surface area contributed by atoms with Crippen LogP contribution < -0.4 is 10.2 Å². The van der Waals surface area contributed by atoms with E-state index in [0.717, 1.165) is 11.6 Å². The molecule has 1 fully saturated rings. The van der Waals surface area contributed by atoms with E-state index in [9.17, 15) is 4.79 Å². The Morgan fingerprint density at radius 3 is 2.81 bits per heavy atom. The summed E-state index contributed by atoms with van der Waals surface area (Å²) in [5.41, 5.74) is 3.59. The van der Waals surface area contributed by atoms with Crippen molar-refractivity contribution in [3.8, 4) is 0 Å². The van der Waals surface area contributed by atoms with Gasteiger partial charge in [-0.1, -0.05) is 37.8 Å². The number of hydrogen-bond acceptors (Lipinski definition) is 2. The maximum Gasteiger partial charge on any atom is 0.231 e. The van der Waals surface area contributed by atoms with Crippen LogP contribution in [0.25, 0.3) is 0 Å². The van der Waals surface area contributed by atoms with Crippen LogP contribution in [0.15, 0.2) is 18.2 Å². The Labute approximate surface area is 127 Å². The number of nitrogens with one attached hydrogen (secondary N) is 1. The summed E-state index contributed by atoms with van der Waals surface area (Å²) in [6.45, 7) is 0. The minimum Gasteiger partial charge on any atom is -0.315 e. The third-order valence-corrected chi connectivity index (χ3v) is 5.27. The molecular formula is C18H26N2O. The third kappa shape index (κ3) is 2.98. The smallest absolute Gasteiger partial charge is 0.231 e. The number of anilines is 1. The first-order chi connectivity index (χ1) is 10.2. The van der Waals surface area contributed by atoms with E-state index in [4.69, 9.17) is 0 Å². The highest BCUT2D eigenvalue weighted by molar-refractivity contribution is 6.00. The summed E-state index contributed by atoms with van der Waals surface area (Å²) in [6, 6.07) is 6.93. The van der Waals surface area contributed by atoms with Gasteiger partial charge in [0, 0.05) is 18.8 Å². The zero-order chi connectivity index (χ0) is 14.8. The van der Waals surface area contributed by atoms with Gasteiger partial charge in [-0.3, -0.25) is 4.79 Å². The fourth-order valence-electron chi connectivity index (χ4n) is 3.89. The first-order valence-electron chi connectivity index (χ1n) is 8.25. The van der Waals surface area contributed by atoms with Crippen LogP contribution in [0.2, 0.25) is 0 Å². The van der Waals surface area contributed by atoms with E-state index in [1.807, 2.05) is 14.1 Å². The molecule has 21 heavy (non-hydrogen) atoms. The molecule has 3 rings (SSSR count). The van der Waals surface area contributed by atoms with E-state index in [1.54, 1.807) is 4.90 Å². The standard InChI is InChI=1S/C18H26N2O/c1-19-16(9-7-13-5-3-4-6-13)14-8-10-17-15(11-14)12-18(21)20(17)2/h8,10-11,13,16,19H,3-7,9,12H2,1-2H3. The maximum atomic E-state index is 11.8. The molecule has 1 saturated carbocycles. The molecule has 1 heterocycles. The third-order valence-electron chi connectivity index (χ3n) is 5.27. The van der Waals surface area contributed by atoms with Gasteiger partial charge >= 0.3 is 0 Å². The molecule has 1 aliphatic carbocycles. The Morgan fingerprint density at radius 1 is 1.33 bits per heavy atom. The normalized spacial score (nSPS) is 20.1. The first-order valence-corrected chi connectivity index (χ1v) is 8.25. The van der Waals surface area contributed by atoms with Crippen molar-refractivity contribution in [2.24, 2.45) is 5.92 Å². The number of fused-ring (bicyclic) bond motifs is 1. The first kappa shape index (κ1) is 14.6. The monoisotopic (exact) mass is 286 g/mol. The zero-order valence-corrected chi connectivity index (χ0v) is 13.2. The van der Waals surface area contributed by atoms with Crippen molar-refractivity contribution < 1.29 is 4.79 Å². The minimum absolute atomic E-state index is 0.203. The average Bonchev–Trinajstić information content (AvgIpc) is 3.09. The second-order valence-electron chi connectivity index (χ2n) is 6.59. The number of hydrogen-bond donors (Lipinski definition) is 1. The van der Waals surface area contributed by atoms with E-state index in [0.29, 0.717) is 12.5 Å². The molecule has 1 amide bonds. The summed E-state index contributed by atoms with van der Waals surface area (Å²) in [5.74, 6) is 1.14. The lowest BCUT2D eigenvalue weighted by molar-refractivity contribution is -0.117. The highest BCUT2D eigenvalue weighted by Gasteiger charge is 2.25. The van der Waals surface area contributed by atoms with Crippen molar-refractivity contribution in [1.82, 2.24) is 5.32 Å². The molecule has 1 aromatic carbocycles. The van der Waals surface area contributed by atoms with Crippen molar-refractivity contribution in [1.29, 1.82) is 0 Å². The minimum atomic E-state index is 0.203. The Kier molecular flexibility index (Phi) is 4.29. The summed E-state index contributed by atoms with van der Waals surface area (Å²) < 4.78 is 0. The number of amides is 1. The molecule has 0 radical (unpaired) electrons. The van der Waals surface area contributed by atoms with Crippen molar-refractivity contribution in [3.05, 3.63) is 29.3 Å². The summed E-state index contributed by atoms with van der Waals surface area (Å²) in [7, 11) is 3.91. The topological polar surface area (TPSA) is 32.3 Å². The number of benzene rings is 1. The van der Waals surface area contributed by atoms with Crippen LogP contribution in [-0.2, 0) is 11.2 Å². The fourth-order valence-corrected chi connectivity index (χ4v) is 3.89. The van der Waals surface area contributed by atoms with Gasteiger partial charge < -0.3 is 10.2 Å². The van der Waals surface area contributed by atoms with Gasteiger partial charge in [-0.05, 0) is 43.0 Å². The van der Waals surface area contributed by atoms with Gasteiger partial charge in [-0.25, -0.2) is 0 Å². The number of carbonyl (C=O) groups is 1. The van der Waals surface area contributed by atoms with Gasteiger partial charge in [0.1, 0.15) is 0 Å². The fraction of sp³-hybridized carbons (Fsp3) is 0.611. The lowest BCUT2D eigenvalue weighted by Crippen LogP contribution is -2.20. The second-order valence-corrected chi connectivity index (χ2v) is 6.59. The average molecular weight is 286 g/mol. The van der Waals surface area contributed by atoms with Crippen molar-refractivity contribution in [2.75, 3.05) is 19.0 Å². The van der Waals surface area contributed by atoms with E-state index in [1.165, 1.54) is 49.7 Å². The number of carbonyl (C=O) groups excluding carboxylic acids is 1. The van der Waals surface area contributed by atoms with Crippen molar-refractivity contribution in [3.63, 3.8) is 0 Å². The molecule has 1 unspecified atom stereocenters. The summed E-state index contributed by atoms with van der Waals surface area (Å²) in [6.07, 6.45) is 8.74. The van der Waals surface area contributed by atoms with Crippen LogP contribution in [0.1, 0.15) is 55.7 Å². The van der Waals surface area contributed by atoms with Crippen LogP contribution in [0.3, 0.4) is 0 Å². The lowest BCUT2D eigenvalue weighted by Gasteiger charge is -2.20. The van der Waals surface area contributed by atoms with Crippen molar-refractivity contribution in [2.45, 2.75) is 51.0 Å². The molecule has 114 valence electrons. The van der Waals surface area contributed by atoms with Crippen LogP contribution in [0, 0.1) is 5.92 Å². The molecule has 0 bridgehead atoms. The molecule has 3 nitrogen and oxygen atoms in total. The highest BCUT2D eigenvalue weighted by atomic mass is 16.2. The SMILES string of the molecule is CNC(CCC1CCCC1)c1ccc2c(c1)CC(=O)N2C. The largest absolute Gasteiger partial charge is 0.315 e. The van der Waals surface area contributed by atoms with E-state index < -0.39 is 0 Å². The molecule has 1 aromatic rings. The Balaban J connectivity index is 1.69.